The van der Waals surface area contributed by atoms with Crippen molar-refractivity contribution >= 4 is 11.6 Å². The van der Waals surface area contributed by atoms with Gasteiger partial charge in [0.2, 0.25) is 0 Å². The first kappa shape index (κ1) is 14.8. The van der Waals surface area contributed by atoms with Crippen molar-refractivity contribution < 1.29 is 13.6 Å². The summed E-state index contributed by atoms with van der Waals surface area (Å²) in [5.41, 5.74) is 4.61. The molecule has 0 aromatic heterocycles. The summed E-state index contributed by atoms with van der Waals surface area (Å²) < 4.78 is 26.7. The van der Waals surface area contributed by atoms with Gasteiger partial charge in [0.1, 0.15) is 17.3 Å². The molecular weight excluding hydrogens is 262 g/mol. The summed E-state index contributed by atoms with van der Waals surface area (Å²) in [6.07, 6.45) is 3.00. The first-order chi connectivity index (χ1) is 9.38. The van der Waals surface area contributed by atoms with E-state index >= 15 is 0 Å². The van der Waals surface area contributed by atoms with Gasteiger partial charge in [0.25, 0.3) is 5.91 Å². The Morgan fingerprint density at radius 1 is 1.25 bits per heavy atom. The van der Waals surface area contributed by atoms with Crippen LogP contribution in [0.5, 0.6) is 0 Å². The number of amides is 1. The van der Waals surface area contributed by atoms with E-state index in [2.05, 4.69) is 19.2 Å². The van der Waals surface area contributed by atoms with Crippen LogP contribution < -0.4 is 11.1 Å². The molecule has 0 spiro atoms. The Morgan fingerprint density at radius 3 is 2.40 bits per heavy atom. The Bertz CT molecular complexity index is 496. The predicted molar refractivity (Wildman–Crippen MR) is 74.2 cm³/mol. The molecule has 3 N–H and O–H groups in total. The van der Waals surface area contributed by atoms with Gasteiger partial charge < -0.3 is 11.1 Å². The third-order valence-corrected chi connectivity index (χ3v) is 4.09. The number of nitrogen functional groups attached to an aromatic ring is 1. The van der Waals surface area contributed by atoms with E-state index in [1.165, 1.54) is 0 Å². The van der Waals surface area contributed by atoms with Gasteiger partial charge in [-0.1, -0.05) is 13.8 Å². The van der Waals surface area contributed by atoms with Crippen LogP contribution in [0.2, 0.25) is 0 Å². The van der Waals surface area contributed by atoms with E-state index in [4.69, 9.17) is 5.73 Å². The smallest absolute Gasteiger partial charge is 0.251 e. The van der Waals surface area contributed by atoms with Gasteiger partial charge in [0.15, 0.2) is 0 Å². The van der Waals surface area contributed by atoms with Gasteiger partial charge in [0, 0.05) is 11.6 Å². The molecule has 110 valence electrons. The maximum atomic E-state index is 13.4. The van der Waals surface area contributed by atoms with Crippen molar-refractivity contribution in [2.45, 2.75) is 39.2 Å². The van der Waals surface area contributed by atoms with Crippen LogP contribution in [-0.2, 0) is 0 Å². The van der Waals surface area contributed by atoms with Gasteiger partial charge >= 0.3 is 0 Å². The fraction of sp³-hybridized carbons (Fsp3) is 0.533. The van der Waals surface area contributed by atoms with E-state index in [0.29, 0.717) is 11.8 Å². The Morgan fingerprint density at radius 2 is 1.85 bits per heavy atom. The summed E-state index contributed by atoms with van der Waals surface area (Å²) >= 11 is 0. The highest BCUT2D eigenvalue weighted by atomic mass is 19.1. The SMILES string of the molecule is CC1CCC(NC(=O)c2cc(F)c(N)c(F)c2)C(C)C1. The maximum Gasteiger partial charge on any atom is 0.251 e. The van der Waals surface area contributed by atoms with Gasteiger partial charge in [-0.25, -0.2) is 8.78 Å². The number of nitrogens with two attached hydrogens (primary N) is 1. The van der Waals surface area contributed by atoms with Crippen molar-refractivity contribution in [2.75, 3.05) is 5.73 Å². The summed E-state index contributed by atoms with van der Waals surface area (Å²) in [4.78, 5) is 12.1. The Labute approximate surface area is 117 Å². The standard InChI is InChI=1S/C15H20F2N2O/c1-8-3-4-13(9(2)5-8)19-15(20)10-6-11(16)14(18)12(17)7-10/h6-9,13H,3-5,18H2,1-2H3,(H,19,20). The van der Waals surface area contributed by atoms with Crippen LogP contribution in [0.4, 0.5) is 14.5 Å². The highest BCUT2D eigenvalue weighted by molar-refractivity contribution is 5.94. The minimum Gasteiger partial charge on any atom is -0.394 e. The van der Waals surface area contributed by atoms with Crippen LogP contribution in [0.3, 0.4) is 0 Å². The van der Waals surface area contributed by atoms with E-state index < -0.39 is 23.2 Å². The zero-order chi connectivity index (χ0) is 14.9. The molecule has 1 aliphatic carbocycles. The second-order valence-electron chi connectivity index (χ2n) is 5.83. The van der Waals surface area contributed by atoms with Crippen LogP contribution in [0.15, 0.2) is 12.1 Å². The lowest BCUT2D eigenvalue weighted by atomic mass is 9.80. The number of hydrogen-bond donors (Lipinski definition) is 2. The largest absolute Gasteiger partial charge is 0.394 e. The first-order valence-corrected chi connectivity index (χ1v) is 6.94. The van der Waals surface area contributed by atoms with Crippen molar-refractivity contribution in [3.63, 3.8) is 0 Å². The third kappa shape index (κ3) is 3.08. The highest BCUT2D eigenvalue weighted by Crippen LogP contribution is 2.29. The molecule has 20 heavy (non-hydrogen) atoms. The number of anilines is 1. The van der Waals surface area contributed by atoms with Crippen LogP contribution >= 0.6 is 0 Å². The molecule has 1 aromatic carbocycles. The van der Waals surface area contributed by atoms with Crippen molar-refractivity contribution in [1.29, 1.82) is 0 Å². The molecule has 1 amide bonds. The lowest BCUT2D eigenvalue weighted by molar-refractivity contribution is 0.0898. The number of nitrogens with one attached hydrogen (secondary N) is 1. The lowest BCUT2D eigenvalue weighted by Crippen LogP contribution is -2.42. The van der Waals surface area contributed by atoms with Gasteiger partial charge in [-0.3, -0.25) is 4.79 Å². The van der Waals surface area contributed by atoms with E-state index in [1.54, 1.807) is 0 Å². The number of carbonyl (C=O) groups excluding carboxylic acids is 1. The molecule has 2 rings (SSSR count). The maximum absolute atomic E-state index is 13.4. The monoisotopic (exact) mass is 282 g/mol. The molecular formula is C15H20F2N2O. The molecule has 3 unspecified atom stereocenters. The molecule has 5 heteroatoms. The average Bonchev–Trinajstić information content (AvgIpc) is 2.38. The minimum absolute atomic E-state index is 0.0278. The summed E-state index contributed by atoms with van der Waals surface area (Å²) in [6, 6.07) is 2.01. The Kier molecular flexibility index (Phi) is 4.26. The van der Waals surface area contributed by atoms with E-state index in [9.17, 15) is 13.6 Å². The topological polar surface area (TPSA) is 55.1 Å². The van der Waals surface area contributed by atoms with Crippen molar-refractivity contribution in [2.24, 2.45) is 11.8 Å². The molecule has 0 heterocycles. The van der Waals surface area contributed by atoms with Crippen LogP contribution in [-0.4, -0.2) is 11.9 Å². The van der Waals surface area contributed by atoms with Gasteiger partial charge in [0.05, 0.1) is 0 Å². The van der Waals surface area contributed by atoms with E-state index in [-0.39, 0.29) is 11.6 Å². The molecule has 0 saturated heterocycles. The first-order valence-electron chi connectivity index (χ1n) is 6.94. The van der Waals surface area contributed by atoms with E-state index in [0.717, 1.165) is 31.4 Å². The molecule has 1 fully saturated rings. The number of halogens is 2. The number of carbonyl (C=O) groups is 1. The molecule has 0 radical (unpaired) electrons. The summed E-state index contributed by atoms with van der Waals surface area (Å²) in [6.45, 7) is 4.28. The van der Waals surface area contributed by atoms with Crippen molar-refractivity contribution in [1.82, 2.24) is 5.32 Å². The van der Waals surface area contributed by atoms with Gasteiger partial charge in [-0.05, 0) is 43.2 Å². The predicted octanol–water partition coefficient (Wildman–Crippen LogP) is 3.10. The summed E-state index contributed by atoms with van der Waals surface area (Å²) in [7, 11) is 0. The van der Waals surface area contributed by atoms with Crippen LogP contribution in [0.1, 0.15) is 43.5 Å². The highest BCUT2D eigenvalue weighted by Gasteiger charge is 2.27. The number of rotatable bonds is 2. The second-order valence-corrected chi connectivity index (χ2v) is 5.83. The number of benzene rings is 1. The Balaban J connectivity index is 2.09. The Hall–Kier alpha value is -1.65. The van der Waals surface area contributed by atoms with Gasteiger partial charge in [-0.15, -0.1) is 0 Å². The fourth-order valence-corrected chi connectivity index (χ4v) is 2.85. The van der Waals surface area contributed by atoms with Gasteiger partial charge in [-0.2, -0.15) is 0 Å². The zero-order valence-corrected chi connectivity index (χ0v) is 11.7. The summed E-state index contributed by atoms with van der Waals surface area (Å²) in [5, 5.41) is 2.87. The molecule has 3 atom stereocenters. The zero-order valence-electron chi connectivity index (χ0n) is 11.7. The number of hydrogen-bond acceptors (Lipinski definition) is 2. The molecule has 0 aliphatic heterocycles. The molecule has 1 aromatic rings. The van der Waals surface area contributed by atoms with Crippen LogP contribution in [0, 0.1) is 23.5 Å². The normalized spacial score (nSPS) is 26.3. The van der Waals surface area contributed by atoms with Crippen molar-refractivity contribution in [3.05, 3.63) is 29.3 Å². The fourth-order valence-electron chi connectivity index (χ4n) is 2.85. The van der Waals surface area contributed by atoms with Crippen LogP contribution in [0.25, 0.3) is 0 Å². The minimum atomic E-state index is -0.902. The third-order valence-electron chi connectivity index (χ3n) is 4.09. The molecule has 1 saturated carbocycles. The lowest BCUT2D eigenvalue weighted by Gasteiger charge is -2.33. The summed E-state index contributed by atoms with van der Waals surface area (Å²) in [5.74, 6) is -1.23. The molecule has 3 nitrogen and oxygen atoms in total. The molecule has 1 aliphatic rings. The second kappa shape index (κ2) is 5.77. The molecule has 0 bridgehead atoms. The quantitative estimate of drug-likeness (QED) is 0.819. The average molecular weight is 282 g/mol. The van der Waals surface area contributed by atoms with Crippen molar-refractivity contribution in [3.8, 4) is 0 Å². The van der Waals surface area contributed by atoms with E-state index in [1.807, 2.05) is 0 Å².